The summed E-state index contributed by atoms with van der Waals surface area (Å²) in [5.74, 6) is 0.0307. The number of carbonyl (C=O) groups excluding carboxylic acids is 1. The van der Waals surface area contributed by atoms with E-state index in [1.54, 1.807) is 21.7 Å². The molecular formula is C17H20ClFN4O2. The van der Waals surface area contributed by atoms with Crippen molar-refractivity contribution < 1.29 is 13.9 Å². The van der Waals surface area contributed by atoms with Gasteiger partial charge in [0.1, 0.15) is 11.9 Å². The minimum Gasteiger partial charge on any atom is -0.370 e. The molecule has 2 amide bonds. The average molecular weight is 367 g/mol. The number of benzene rings is 1. The highest BCUT2D eigenvalue weighted by molar-refractivity contribution is 6.30. The first-order valence-corrected chi connectivity index (χ1v) is 8.49. The topological polar surface area (TPSA) is 59.4 Å². The average Bonchev–Trinajstić information content (AvgIpc) is 3.06. The molecule has 0 spiro atoms. The van der Waals surface area contributed by atoms with Crippen molar-refractivity contribution in [1.29, 1.82) is 0 Å². The standard InChI is InChI=1S/C17H20ClFN4O2/c1-11(2)23-6-5-16(21-23)20-17(24)22-7-8-25-15(10-22)12-3-4-14(19)13(18)9-12/h3-6,9,11,15H,7-8,10H2,1-2H3,(H,20,21,24). The van der Waals surface area contributed by atoms with Crippen LogP contribution in [0.15, 0.2) is 30.5 Å². The summed E-state index contributed by atoms with van der Waals surface area (Å²) in [4.78, 5) is 14.1. The normalized spacial score (nSPS) is 17.8. The predicted octanol–water partition coefficient (Wildman–Crippen LogP) is 3.86. The first-order chi connectivity index (χ1) is 11.9. The number of morpholine rings is 1. The molecule has 8 heteroatoms. The number of hydrogen-bond acceptors (Lipinski definition) is 3. The van der Waals surface area contributed by atoms with Crippen LogP contribution >= 0.6 is 11.6 Å². The van der Waals surface area contributed by atoms with E-state index >= 15 is 0 Å². The van der Waals surface area contributed by atoms with Crippen molar-refractivity contribution in [2.24, 2.45) is 0 Å². The second-order valence-electron chi connectivity index (χ2n) is 6.18. The summed E-state index contributed by atoms with van der Waals surface area (Å²) in [6, 6.07) is 6.20. The van der Waals surface area contributed by atoms with Crippen molar-refractivity contribution in [3.63, 3.8) is 0 Å². The number of halogens is 2. The molecule has 1 saturated heterocycles. The number of anilines is 1. The van der Waals surface area contributed by atoms with E-state index in [4.69, 9.17) is 16.3 Å². The maximum Gasteiger partial charge on any atom is 0.323 e. The number of rotatable bonds is 3. The van der Waals surface area contributed by atoms with Gasteiger partial charge < -0.3 is 9.64 Å². The Morgan fingerprint density at radius 2 is 2.24 bits per heavy atom. The summed E-state index contributed by atoms with van der Waals surface area (Å²) < 4.78 is 20.8. The Hall–Kier alpha value is -2.12. The van der Waals surface area contributed by atoms with Gasteiger partial charge in [-0.3, -0.25) is 10.00 Å². The highest BCUT2D eigenvalue weighted by Gasteiger charge is 2.26. The number of hydrogen-bond donors (Lipinski definition) is 1. The van der Waals surface area contributed by atoms with E-state index in [1.807, 2.05) is 20.0 Å². The zero-order valence-corrected chi connectivity index (χ0v) is 14.8. The molecule has 0 bridgehead atoms. The van der Waals surface area contributed by atoms with Crippen LogP contribution in [0.4, 0.5) is 15.0 Å². The first-order valence-electron chi connectivity index (χ1n) is 8.11. The quantitative estimate of drug-likeness (QED) is 0.897. The number of nitrogens with one attached hydrogen (secondary N) is 1. The summed E-state index contributed by atoms with van der Waals surface area (Å²) >= 11 is 5.83. The van der Waals surface area contributed by atoms with E-state index < -0.39 is 5.82 Å². The molecule has 1 aliphatic rings. The molecule has 25 heavy (non-hydrogen) atoms. The number of urea groups is 1. The molecule has 1 atom stereocenters. The Balaban J connectivity index is 1.65. The fourth-order valence-electron chi connectivity index (χ4n) is 2.63. The van der Waals surface area contributed by atoms with E-state index in [-0.39, 0.29) is 23.2 Å². The molecule has 2 aromatic rings. The minimum absolute atomic E-state index is 0.0434. The van der Waals surface area contributed by atoms with Crippen molar-refractivity contribution in [3.8, 4) is 0 Å². The van der Waals surface area contributed by atoms with Crippen LogP contribution in [-0.4, -0.2) is 40.4 Å². The van der Waals surface area contributed by atoms with Crippen LogP contribution in [0.3, 0.4) is 0 Å². The predicted molar refractivity (Wildman–Crippen MR) is 93.3 cm³/mol. The van der Waals surface area contributed by atoms with Gasteiger partial charge in [-0.2, -0.15) is 5.10 Å². The Labute approximate surface area is 150 Å². The third-order valence-electron chi connectivity index (χ3n) is 4.04. The van der Waals surface area contributed by atoms with Gasteiger partial charge in [0.25, 0.3) is 0 Å². The lowest BCUT2D eigenvalue weighted by atomic mass is 10.1. The van der Waals surface area contributed by atoms with Crippen molar-refractivity contribution >= 4 is 23.4 Å². The number of nitrogens with zero attached hydrogens (tertiary/aromatic N) is 3. The molecule has 1 aliphatic heterocycles. The second kappa shape index (κ2) is 7.41. The largest absolute Gasteiger partial charge is 0.370 e. The van der Waals surface area contributed by atoms with Crippen molar-refractivity contribution in [2.75, 3.05) is 25.0 Å². The molecule has 1 aromatic heterocycles. The third-order valence-corrected chi connectivity index (χ3v) is 4.33. The molecule has 0 radical (unpaired) electrons. The maximum atomic E-state index is 13.3. The fraction of sp³-hybridized carbons (Fsp3) is 0.412. The molecule has 0 aliphatic carbocycles. The summed E-state index contributed by atoms with van der Waals surface area (Å²) in [5, 5.41) is 7.15. The van der Waals surface area contributed by atoms with Gasteiger partial charge in [-0.25, -0.2) is 9.18 Å². The third kappa shape index (κ3) is 4.11. The molecule has 1 unspecified atom stereocenters. The van der Waals surface area contributed by atoms with Gasteiger partial charge in [0.2, 0.25) is 0 Å². The Morgan fingerprint density at radius 1 is 1.44 bits per heavy atom. The van der Waals surface area contributed by atoms with E-state index in [2.05, 4.69) is 10.4 Å². The Kier molecular flexibility index (Phi) is 5.24. The number of ether oxygens (including phenoxy) is 1. The van der Waals surface area contributed by atoms with Gasteiger partial charge in [0, 0.05) is 24.8 Å². The zero-order chi connectivity index (χ0) is 18.0. The van der Waals surface area contributed by atoms with Crippen molar-refractivity contribution in [2.45, 2.75) is 26.0 Å². The van der Waals surface area contributed by atoms with Crippen LogP contribution in [0.2, 0.25) is 5.02 Å². The lowest BCUT2D eigenvalue weighted by Gasteiger charge is -2.33. The summed E-state index contributed by atoms with van der Waals surface area (Å²) in [7, 11) is 0. The zero-order valence-electron chi connectivity index (χ0n) is 14.1. The van der Waals surface area contributed by atoms with Crippen LogP contribution < -0.4 is 5.32 Å². The van der Waals surface area contributed by atoms with E-state index in [0.717, 1.165) is 5.56 Å². The minimum atomic E-state index is -0.475. The molecular weight excluding hydrogens is 347 g/mol. The smallest absolute Gasteiger partial charge is 0.323 e. The van der Waals surface area contributed by atoms with Crippen molar-refractivity contribution in [1.82, 2.24) is 14.7 Å². The molecule has 1 fully saturated rings. The first kappa shape index (κ1) is 17.7. The highest BCUT2D eigenvalue weighted by atomic mass is 35.5. The monoisotopic (exact) mass is 366 g/mol. The number of amides is 2. The van der Waals surface area contributed by atoms with Gasteiger partial charge in [0.15, 0.2) is 5.82 Å². The fourth-order valence-corrected chi connectivity index (χ4v) is 2.82. The lowest BCUT2D eigenvalue weighted by Crippen LogP contribution is -2.44. The van der Waals surface area contributed by atoms with Crippen LogP contribution in [0.25, 0.3) is 0 Å². The number of aromatic nitrogens is 2. The van der Waals surface area contributed by atoms with Crippen molar-refractivity contribution in [3.05, 3.63) is 46.9 Å². The van der Waals surface area contributed by atoms with Gasteiger partial charge >= 0.3 is 6.03 Å². The Bertz CT molecular complexity index is 765. The van der Waals surface area contributed by atoms with Crippen LogP contribution in [-0.2, 0) is 4.74 Å². The molecule has 134 valence electrons. The molecule has 2 heterocycles. The van der Waals surface area contributed by atoms with Gasteiger partial charge in [-0.15, -0.1) is 0 Å². The summed E-state index contributed by atoms with van der Waals surface area (Å²) in [6.45, 7) is 5.26. The molecule has 6 nitrogen and oxygen atoms in total. The maximum absolute atomic E-state index is 13.3. The lowest BCUT2D eigenvalue weighted by molar-refractivity contribution is -0.0135. The second-order valence-corrected chi connectivity index (χ2v) is 6.59. The van der Waals surface area contributed by atoms with E-state index in [9.17, 15) is 9.18 Å². The van der Waals surface area contributed by atoms with Crippen LogP contribution in [0.1, 0.15) is 31.6 Å². The highest BCUT2D eigenvalue weighted by Crippen LogP contribution is 2.26. The molecule has 0 saturated carbocycles. The van der Waals surface area contributed by atoms with E-state index in [1.165, 1.54) is 12.1 Å². The van der Waals surface area contributed by atoms with Gasteiger partial charge in [-0.1, -0.05) is 17.7 Å². The van der Waals surface area contributed by atoms with Gasteiger partial charge in [0.05, 0.1) is 18.2 Å². The molecule has 1 N–H and O–H groups in total. The Morgan fingerprint density at radius 3 is 2.92 bits per heavy atom. The van der Waals surface area contributed by atoms with Crippen LogP contribution in [0, 0.1) is 5.82 Å². The number of carbonyl (C=O) groups is 1. The SMILES string of the molecule is CC(C)n1ccc(NC(=O)N2CCOC(c3ccc(F)c(Cl)c3)C2)n1. The summed E-state index contributed by atoms with van der Waals surface area (Å²) in [6.07, 6.45) is 1.48. The van der Waals surface area contributed by atoms with Gasteiger partial charge in [-0.05, 0) is 31.5 Å². The van der Waals surface area contributed by atoms with Crippen LogP contribution in [0.5, 0.6) is 0 Å². The summed E-state index contributed by atoms with van der Waals surface area (Å²) in [5.41, 5.74) is 0.744. The van der Waals surface area contributed by atoms with E-state index in [0.29, 0.717) is 25.5 Å². The molecule has 3 rings (SSSR count). The molecule has 1 aromatic carbocycles.